The predicted molar refractivity (Wildman–Crippen MR) is 104 cm³/mol. The van der Waals surface area contributed by atoms with Gasteiger partial charge in [0.05, 0.1) is 6.61 Å². The SMILES string of the molecule is CC(=O)CCOc1ccc(/C=C/C(=O)OCc2ccccc2)cc1OC(C)=O. The Hall–Kier alpha value is -3.41. The zero-order valence-corrected chi connectivity index (χ0v) is 15.8. The Morgan fingerprint density at radius 1 is 0.964 bits per heavy atom. The van der Waals surface area contributed by atoms with Crippen molar-refractivity contribution in [3.05, 3.63) is 65.7 Å². The molecule has 0 fully saturated rings. The molecule has 0 aliphatic rings. The van der Waals surface area contributed by atoms with E-state index in [9.17, 15) is 14.4 Å². The molecule has 6 nitrogen and oxygen atoms in total. The van der Waals surface area contributed by atoms with E-state index in [0.717, 1.165) is 5.56 Å². The molecule has 0 saturated carbocycles. The van der Waals surface area contributed by atoms with Crippen LogP contribution in [0.1, 0.15) is 31.4 Å². The van der Waals surface area contributed by atoms with Crippen molar-refractivity contribution >= 4 is 23.8 Å². The summed E-state index contributed by atoms with van der Waals surface area (Å²) in [4.78, 5) is 34.2. The van der Waals surface area contributed by atoms with Crippen molar-refractivity contribution in [1.29, 1.82) is 0 Å². The van der Waals surface area contributed by atoms with Crippen LogP contribution in [0.4, 0.5) is 0 Å². The van der Waals surface area contributed by atoms with Crippen LogP contribution in [0.25, 0.3) is 6.08 Å². The van der Waals surface area contributed by atoms with Crippen molar-refractivity contribution in [3.63, 3.8) is 0 Å². The molecule has 0 N–H and O–H groups in total. The summed E-state index contributed by atoms with van der Waals surface area (Å²) in [5.41, 5.74) is 1.53. The third kappa shape index (κ3) is 7.45. The molecule has 0 saturated heterocycles. The van der Waals surface area contributed by atoms with Crippen LogP contribution in [0, 0.1) is 0 Å². The number of ether oxygens (including phenoxy) is 3. The monoisotopic (exact) mass is 382 g/mol. The summed E-state index contributed by atoms with van der Waals surface area (Å²) in [6.45, 7) is 3.13. The van der Waals surface area contributed by atoms with Crippen LogP contribution in [0.15, 0.2) is 54.6 Å². The van der Waals surface area contributed by atoms with Gasteiger partial charge in [0.25, 0.3) is 0 Å². The molecule has 2 aromatic carbocycles. The number of rotatable bonds is 9. The minimum atomic E-state index is -0.500. The van der Waals surface area contributed by atoms with Gasteiger partial charge < -0.3 is 14.2 Å². The number of hydrogen-bond acceptors (Lipinski definition) is 6. The minimum Gasteiger partial charge on any atom is -0.489 e. The quantitative estimate of drug-likeness (QED) is 0.374. The molecule has 0 aliphatic heterocycles. The van der Waals surface area contributed by atoms with Crippen molar-refractivity contribution in [2.75, 3.05) is 6.61 Å². The van der Waals surface area contributed by atoms with Crippen molar-refractivity contribution in [3.8, 4) is 11.5 Å². The average Bonchev–Trinajstić information content (AvgIpc) is 2.66. The normalized spacial score (nSPS) is 10.5. The summed E-state index contributed by atoms with van der Waals surface area (Å²) in [6, 6.07) is 14.3. The molecule has 0 spiro atoms. The zero-order chi connectivity index (χ0) is 20.4. The van der Waals surface area contributed by atoms with Gasteiger partial charge in [-0.1, -0.05) is 36.4 Å². The van der Waals surface area contributed by atoms with E-state index >= 15 is 0 Å². The average molecular weight is 382 g/mol. The van der Waals surface area contributed by atoms with Gasteiger partial charge in [-0.05, 0) is 36.3 Å². The van der Waals surface area contributed by atoms with E-state index in [-0.39, 0.29) is 31.2 Å². The van der Waals surface area contributed by atoms with Crippen LogP contribution in [0.3, 0.4) is 0 Å². The second kappa shape index (κ2) is 10.7. The fourth-order valence-electron chi connectivity index (χ4n) is 2.23. The van der Waals surface area contributed by atoms with Gasteiger partial charge in [0.15, 0.2) is 11.5 Å². The highest BCUT2D eigenvalue weighted by molar-refractivity contribution is 5.87. The molecular weight excluding hydrogens is 360 g/mol. The van der Waals surface area contributed by atoms with E-state index in [2.05, 4.69) is 0 Å². The van der Waals surface area contributed by atoms with E-state index in [4.69, 9.17) is 14.2 Å². The van der Waals surface area contributed by atoms with E-state index in [1.807, 2.05) is 30.3 Å². The molecule has 0 radical (unpaired) electrons. The summed E-state index contributed by atoms with van der Waals surface area (Å²) in [5, 5.41) is 0. The highest BCUT2D eigenvalue weighted by Gasteiger charge is 2.09. The Balaban J connectivity index is 2.01. The fourth-order valence-corrected chi connectivity index (χ4v) is 2.23. The molecule has 28 heavy (non-hydrogen) atoms. The van der Waals surface area contributed by atoms with Gasteiger partial charge in [-0.25, -0.2) is 4.79 Å². The maximum Gasteiger partial charge on any atom is 0.331 e. The first kappa shape index (κ1) is 20.9. The molecule has 0 amide bonds. The van der Waals surface area contributed by atoms with Crippen molar-refractivity contribution in [2.24, 2.45) is 0 Å². The smallest absolute Gasteiger partial charge is 0.331 e. The molecule has 0 aliphatic carbocycles. The largest absolute Gasteiger partial charge is 0.489 e. The Kier molecular flexibility index (Phi) is 7.96. The van der Waals surface area contributed by atoms with Crippen molar-refractivity contribution in [1.82, 2.24) is 0 Å². The van der Waals surface area contributed by atoms with Gasteiger partial charge in [0.1, 0.15) is 12.4 Å². The number of hydrogen-bond donors (Lipinski definition) is 0. The summed E-state index contributed by atoms with van der Waals surface area (Å²) < 4.78 is 15.8. The molecule has 0 bridgehead atoms. The maximum absolute atomic E-state index is 11.9. The summed E-state index contributed by atoms with van der Waals surface area (Å²) >= 11 is 0. The number of carbonyl (C=O) groups is 3. The van der Waals surface area contributed by atoms with E-state index < -0.39 is 11.9 Å². The Morgan fingerprint density at radius 3 is 2.39 bits per heavy atom. The number of Topliss-reactive ketones (excluding diaryl/α,β-unsaturated/α-hetero) is 1. The summed E-state index contributed by atoms with van der Waals surface area (Å²) in [7, 11) is 0. The maximum atomic E-state index is 11.9. The Morgan fingerprint density at radius 2 is 1.71 bits per heavy atom. The lowest BCUT2D eigenvalue weighted by atomic mass is 10.2. The van der Waals surface area contributed by atoms with E-state index in [1.165, 1.54) is 19.9 Å². The standard InChI is InChI=1S/C22H22O6/c1-16(23)12-13-26-20-10-8-18(14-21(20)28-17(2)24)9-11-22(25)27-15-19-6-4-3-5-7-19/h3-11,14H,12-13,15H2,1-2H3/b11-9+. The van der Waals surface area contributed by atoms with Crippen LogP contribution in [-0.2, 0) is 25.7 Å². The number of carbonyl (C=O) groups excluding carboxylic acids is 3. The Labute approximate surface area is 163 Å². The predicted octanol–water partition coefficient (Wildman–Crippen LogP) is 3.73. The Bertz CT molecular complexity index is 855. The van der Waals surface area contributed by atoms with Crippen LogP contribution < -0.4 is 9.47 Å². The molecule has 0 unspecified atom stereocenters. The zero-order valence-electron chi connectivity index (χ0n) is 15.8. The van der Waals surface area contributed by atoms with Gasteiger partial charge in [-0.3, -0.25) is 9.59 Å². The van der Waals surface area contributed by atoms with Gasteiger partial charge in [-0.15, -0.1) is 0 Å². The lowest BCUT2D eigenvalue weighted by Crippen LogP contribution is -2.07. The first-order valence-electron chi connectivity index (χ1n) is 8.77. The summed E-state index contributed by atoms with van der Waals surface area (Å²) in [6.07, 6.45) is 3.11. The van der Waals surface area contributed by atoms with Gasteiger partial charge in [0.2, 0.25) is 0 Å². The first-order valence-corrected chi connectivity index (χ1v) is 8.77. The molecule has 6 heteroatoms. The second-order valence-corrected chi connectivity index (χ2v) is 6.03. The number of benzene rings is 2. The molecule has 2 rings (SSSR count). The first-order chi connectivity index (χ1) is 13.4. The lowest BCUT2D eigenvalue weighted by molar-refractivity contribution is -0.139. The molecule has 0 aromatic heterocycles. The van der Waals surface area contributed by atoms with Crippen LogP contribution in [0.5, 0.6) is 11.5 Å². The van der Waals surface area contributed by atoms with Crippen LogP contribution in [0.2, 0.25) is 0 Å². The van der Waals surface area contributed by atoms with Gasteiger partial charge >= 0.3 is 11.9 Å². The van der Waals surface area contributed by atoms with E-state index in [1.54, 1.807) is 24.3 Å². The number of esters is 2. The lowest BCUT2D eigenvalue weighted by Gasteiger charge is -2.11. The van der Waals surface area contributed by atoms with Gasteiger partial charge in [0, 0.05) is 19.4 Å². The molecule has 0 atom stereocenters. The number of ketones is 1. The molecule has 0 heterocycles. The fraction of sp³-hybridized carbons (Fsp3) is 0.227. The van der Waals surface area contributed by atoms with Crippen molar-refractivity contribution in [2.45, 2.75) is 26.9 Å². The summed E-state index contributed by atoms with van der Waals surface area (Å²) in [5.74, 6) is -0.418. The van der Waals surface area contributed by atoms with Crippen LogP contribution in [-0.4, -0.2) is 24.3 Å². The molecule has 146 valence electrons. The van der Waals surface area contributed by atoms with Crippen molar-refractivity contribution < 1.29 is 28.6 Å². The molecule has 2 aromatic rings. The topological polar surface area (TPSA) is 78.9 Å². The third-order valence-electron chi connectivity index (χ3n) is 3.57. The third-order valence-corrected chi connectivity index (χ3v) is 3.57. The highest BCUT2D eigenvalue weighted by atomic mass is 16.6. The molecular formula is C22H22O6. The van der Waals surface area contributed by atoms with Gasteiger partial charge in [-0.2, -0.15) is 0 Å². The second-order valence-electron chi connectivity index (χ2n) is 6.03. The minimum absolute atomic E-state index is 0.00241. The van der Waals surface area contributed by atoms with Crippen LogP contribution >= 0.6 is 0 Å². The van der Waals surface area contributed by atoms with E-state index in [0.29, 0.717) is 11.3 Å². The highest BCUT2D eigenvalue weighted by Crippen LogP contribution is 2.29.